The summed E-state index contributed by atoms with van der Waals surface area (Å²) in [5.41, 5.74) is 4.12. The molecule has 1 aromatic heterocycles. The summed E-state index contributed by atoms with van der Waals surface area (Å²) < 4.78 is 0. The zero-order valence-corrected chi connectivity index (χ0v) is 47.9. The van der Waals surface area contributed by atoms with Crippen LogP contribution >= 0.6 is 0 Å². The normalized spacial score (nSPS) is 18.6. The van der Waals surface area contributed by atoms with E-state index < -0.39 is 42.4 Å². The van der Waals surface area contributed by atoms with Crippen LogP contribution in [0.2, 0.25) is 0 Å². The minimum atomic E-state index is -1.31. The zero-order valence-electron chi connectivity index (χ0n) is 45.7. The molecule has 3 atom stereocenters. The Labute approximate surface area is 492 Å². The van der Waals surface area contributed by atoms with Gasteiger partial charge in [-0.3, -0.25) is 48.6 Å². The van der Waals surface area contributed by atoms with Crippen molar-refractivity contribution in [3.8, 4) is 0 Å². The number of nitrogens with one attached hydrogen (secondary N) is 2. The molecular weight excluding hydrogens is 1150 g/mol. The molecule has 0 saturated carbocycles. The van der Waals surface area contributed by atoms with E-state index in [1.807, 2.05) is 15.9 Å². The molecule has 3 aliphatic heterocycles. The molecule has 1 radical (unpaired) electrons. The maximum atomic E-state index is 13.7. The minimum Gasteiger partial charge on any atom is -0.549 e. The monoisotopic (exact) mass is 1230 g/mol. The van der Waals surface area contributed by atoms with Crippen LogP contribution in [0.4, 0.5) is 0 Å². The number of aromatic nitrogens is 1. The van der Waals surface area contributed by atoms with Crippen LogP contribution in [0.5, 0.6) is 0 Å². The number of hydrogen-bond acceptors (Lipinski definition) is 17. The Hall–Kier alpha value is -4.35. The van der Waals surface area contributed by atoms with Gasteiger partial charge in [-0.1, -0.05) is 43.2 Å². The van der Waals surface area contributed by atoms with E-state index in [1.54, 1.807) is 34.0 Å². The summed E-state index contributed by atoms with van der Waals surface area (Å²) in [6.45, 7) is 5.88. The van der Waals surface area contributed by atoms with Crippen molar-refractivity contribution in [2.75, 3.05) is 105 Å². The topological polar surface area (TPSA) is 279 Å². The summed E-state index contributed by atoms with van der Waals surface area (Å²) in [4.78, 5) is 112. The maximum absolute atomic E-state index is 13.7. The number of rotatable bonds is 30. The number of aliphatic carboxylic acids is 4. The Morgan fingerprint density at radius 3 is 1.83 bits per heavy atom. The summed E-state index contributed by atoms with van der Waals surface area (Å²) in [7, 11) is 0. The van der Waals surface area contributed by atoms with Crippen LogP contribution in [-0.2, 0) is 57.6 Å². The number of Topliss-reactive ketones (excluding diaryl/α,β-unsaturated/α-hetero) is 2. The number of carbonyl (C=O) groups is 8. The molecule has 431 valence electrons. The van der Waals surface area contributed by atoms with Gasteiger partial charge in [-0.05, 0) is 112 Å². The number of likely N-dealkylation sites (tertiary alicyclic amines) is 1. The molecule has 2 aromatic rings. The van der Waals surface area contributed by atoms with Crippen molar-refractivity contribution in [1.82, 2.24) is 40.1 Å². The standard InChI is InChI=1S/C57H86N8O12.Gd/c1-42(64-31-29-62(40-56(74)75)27-25-61(39-55(72)73)26-28-63(30-32-64)41-57(76)77)50(66)16-17-52(68)60-21-5-3-2-4-7-43-9-11-44(12-10-43)13-14-46-33-49(37-59-36-46)48(35-54(70)71)34-51(67)47-8-6-24-65(38-47)53(69)18-15-45-19-22-58-23-20-45;/h9-12,33,36-37,42,45,47-48,58H,2-8,13-32,34-35,38-41H2,1H3,(H,60,68)(H,70,71)(H,72,73)(H,74,75)(H,76,77);/q;+3/p-3/t42?,47-,48+;/m1./s1. The number of carbonyl (C=O) groups excluding carboxylic acids is 7. The van der Waals surface area contributed by atoms with E-state index in [-0.39, 0.29) is 160 Å². The molecule has 2 amide bonds. The predicted octanol–water partition coefficient (Wildman–Crippen LogP) is -0.169. The Morgan fingerprint density at radius 2 is 1.24 bits per heavy atom. The molecule has 21 heteroatoms. The van der Waals surface area contributed by atoms with Crippen molar-refractivity contribution in [1.29, 1.82) is 0 Å². The fraction of sp³-hybridized carbons (Fsp3) is 0.667. The second-order valence-electron chi connectivity index (χ2n) is 21.5. The molecule has 3 N–H and O–H groups in total. The number of nitrogens with zero attached hydrogens (tertiary/aromatic N) is 6. The first-order chi connectivity index (χ1) is 37.0. The molecule has 0 aliphatic carbocycles. The molecule has 1 unspecified atom stereocenters. The number of unbranched alkanes of at least 4 members (excludes halogenated alkanes) is 3. The summed E-state index contributed by atoms with van der Waals surface area (Å²) >= 11 is 0. The van der Waals surface area contributed by atoms with Gasteiger partial charge in [0.25, 0.3) is 0 Å². The molecule has 3 fully saturated rings. The number of pyridine rings is 1. The fourth-order valence-electron chi connectivity index (χ4n) is 10.8. The Kier molecular flexibility index (Phi) is 30.6. The third-order valence-corrected chi connectivity index (χ3v) is 15.6. The van der Waals surface area contributed by atoms with Crippen LogP contribution in [0, 0.1) is 51.8 Å². The molecule has 5 rings (SSSR count). The molecule has 20 nitrogen and oxygen atoms in total. The van der Waals surface area contributed by atoms with Gasteiger partial charge in [0.05, 0.1) is 30.4 Å². The molecule has 78 heavy (non-hydrogen) atoms. The van der Waals surface area contributed by atoms with Gasteiger partial charge in [0, 0.05) is 142 Å². The minimum absolute atomic E-state index is 0. The quantitative estimate of drug-likeness (QED) is 0.0857. The van der Waals surface area contributed by atoms with E-state index in [2.05, 4.69) is 39.9 Å². The van der Waals surface area contributed by atoms with E-state index in [0.29, 0.717) is 44.8 Å². The summed E-state index contributed by atoms with van der Waals surface area (Å²) in [5, 5.41) is 50.5. The molecule has 3 saturated heterocycles. The van der Waals surface area contributed by atoms with Crippen LogP contribution in [0.25, 0.3) is 0 Å². The Bertz CT molecular complexity index is 2200. The van der Waals surface area contributed by atoms with Gasteiger partial charge in [-0.15, -0.1) is 0 Å². The number of hydrogen-bond donors (Lipinski definition) is 3. The smallest absolute Gasteiger partial charge is 0.549 e. The maximum Gasteiger partial charge on any atom is 3.00 e. The number of amides is 2. The number of carboxylic acid groups (broad SMARTS) is 4. The summed E-state index contributed by atoms with van der Waals surface area (Å²) in [6, 6.07) is 9.89. The Balaban J connectivity index is 0.0000131. The first kappa shape index (κ1) is 66.2. The average Bonchev–Trinajstić information content (AvgIpc) is 3.41. The summed E-state index contributed by atoms with van der Waals surface area (Å²) in [5.74, 6) is -5.38. The van der Waals surface area contributed by atoms with Crippen LogP contribution < -0.4 is 26.0 Å². The number of piperidine rings is 2. The van der Waals surface area contributed by atoms with Gasteiger partial charge < -0.3 is 50.3 Å². The van der Waals surface area contributed by atoms with Gasteiger partial charge >= 0.3 is 45.9 Å². The van der Waals surface area contributed by atoms with E-state index in [4.69, 9.17) is 0 Å². The van der Waals surface area contributed by atoms with Crippen molar-refractivity contribution in [2.45, 2.75) is 128 Å². The van der Waals surface area contributed by atoms with Crippen LogP contribution in [0.3, 0.4) is 0 Å². The molecule has 0 bridgehead atoms. The first-order valence-electron chi connectivity index (χ1n) is 28.1. The third-order valence-electron chi connectivity index (χ3n) is 15.6. The predicted molar refractivity (Wildman–Crippen MR) is 282 cm³/mol. The Morgan fingerprint density at radius 1 is 0.679 bits per heavy atom. The van der Waals surface area contributed by atoms with E-state index in [0.717, 1.165) is 88.4 Å². The number of aryl methyl sites for hydroxylation is 3. The molecular formula is C57H83GdN8O12. The average molecular weight is 1230 g/mol. The summed E-state index contributed by atoms with van der Waals surface area (Å²) in [6.07, 6.45) is 14.5. The van der Waals surface area contributed by atoms with Crippen LogP contribution in [0.15, 0.2) is 42.7 Å². The SMILES string of the molecule is CC(C(=O)CCC(=O)NCCCCCCc1ccc(CCc2cncc([C@H](CC(=O)O)CC(=O)[C@@H]3CCCN(C(=O)CCC4CCNCC4)C3)c2)cc1)N1CCN(CC(=O)[O-])CCN(CC(=O)[O-])CCN(CC(=O)[O-])CC1.[Gd+3]. The van der Waals surface area contributed by atoms with E-state index in [1.165, 1.54) is 11.1 Å². The van der Waals surface area contributed by atoms with Gasteiger partial charge in [-0.2, -0.15) is 0 Å². The molecule has 4 heterocycles. The largest absolute Gasteiger partial charge is 3.00 e. The van der Waals surface area contributed by atoms with Crippen LogP contribution in [-0.4, -0.2) is 193 Å². The van der Waals surface area contributed by atoms with Gasteiger partial charge in [0.2, 0.25) is 11.8 Å². The molecule has 0 spiro atoms. The van der Waals surface area contributed by atoms with Crippen LogP contribution in [0.1, 0.15) is 125 Å². The first-order valence-corrected chi connectivity index (χ1v) is 28.1. The second kappa shape index (κ2) is 36.1. The van der Waals surface area contributed by atoms with E-state index >= 15 is 0 Å². The van der Waals surface area contributed by atoms with Crippen molar-refractivity contribution in [2.24, 2.45) is 11.8 Å². The second-order valence-corrected chi connectivity index (χ2v) is 21.5. The van der Waals surface area contributed by atoms with Gasteiger partial charge in [-0.25, -0.2) is 0 Å². The van der Waals surface area contributed by atoms with Gasteiger partial charge in [0.15, 0.2) is 0 Å². The van der Waals surface area contributed by atoms with Crippen molar-refractivity contribution in [3.63, 3.8) is 0 Å². The van der Waals surface area contributed by atoms with E-state index in [9.17, 15) is 58.8 Å². The number of carboxylic acids is 4. The molecule has 1 aromatic carbocycles. The number of ketones is 2. The van der Waals surface area contributed by atoms with Crippen molar-refractivity contribution < 1.29 is 98.7 Å². The third kappa shape index (κ3) is 25.4. The molecule has 3 aliphatic rings. The van der Waals surface area contributed by atoms with Crippen molar-refractivity contribution >= 4 is 47.3 Å². The fourth-order valence-corrected chi connectivity index (χ4v) is 10.8. The van der Waals surface area contributed by atoms with Gasteiger partial charge in [0.1, 0.15) is 11.6 Å². The zero-order chi connectivity index (χ0) is 55.5. The number of benzene rings is 1. The van der Waals surface area contributed by atoms with Crippen molar-refractivity contribution in [3.05, 3.63) is 65.0 Å².